The molecule has 0 aliphatic heterocycles. The van der Waals surface area contributed by atoms with Crippen LogP contribution in [0.4, 0.5) is 5.69 Å². The lowest BCUT2D eigenvalue weighted by Crippen LogP contribution is -1.98. The summed E-state index contributed by atoms with van der Waals surface area (Å²) in [4.78, 5) is 10.3. The highest BCUT2D eigenvalue weighted by Gasteiger charge is 2.03. The monoisotopic (exact) mass is 225 g/mol. The van der Waals surface area contributed by atoms with Crippen molar-refractivity contribution < 1.29 is 8.98 Å². The third kappa shape index (κ3) is 4.25. The summed E-state index contributed by atoms with van der Waals surface area (Å²) < 4.78 is 5.50. The van der Waals surface area contributed by atoms with E-state index in [-0.39, 0.29) is 0 Å². The molecule has 0 unspecified atom stereocenters. The van der Waals surface area contributed by atoms with Gasteiger partial charge in [0.05, 0.1) is 17.7 Å². The summed E-state index contributed by atoms with van der Waals surface area (Å²) in [6, 6.07) is 7.37. The highest BCUT2D eigenvalue weighted by atomic mass is 32.2. The largest absolute Gasteiger partial charge is 0.424 e. The first-order valence-corrected chi connectivity index (χ1v) is 5.73. The number of para-hydroxylation sites is 2. The van der Waals surface area contributed by atoms with Crippen molar-refractivity contribution in [2.45, 2.75) is 13.8 Å². The van der Waals surface area contributed by atoms with Gasteiger partial charge in [-0.3, -0.25) is 4.79 Å². The van der Waals surface area contributed by atoms with E-state index in [4.69, 9.17) is 4.18 Å². The normalized spacial score (nSPS) is 10.1. The van der Waals surface area contributed by atoms with Gasteiger partial charge in [-0.25, -0.2) is 0 Å². The van der Waals surface area contributed by atoms with Crippen molar-refractivity contribution in [1.29, 1.82) is 0 Å². The van der Waals surface area contributed by atoms with Crippen LogP contribution in [0.15, 0.2) is 24.3 Å². The van der Waals surface area contributed by atoms with Crippen LogP contribution >= 0.6 is 12.0 Å². The van der Waals surface area contributed by atoms with Crippen LogP contribution in [-0.4, -0.2) is 12.2 Å². The number of benzene rings is 1. The number of anilines is 1. The van der Waals surface area contributed by atoms with E-state index in [1.807, 2.05) is 18.2 Å². The Morgan fingerprint density at radius 3 is 2.87 bits per heavy atom. The van der Waals surface area contributed by atoms with E-state index in [9.17, 15) is 4.79 Å². The quantitative estimate of drug-likeness (QED) is 0.597. The van der Waals surface area contributed by atoms with Crippen LogP contribution in [-0.2, 0) is 4.79 Å². The first-order valence-electron chi connectivity index (χ1n) is 4.82. The minimum absolute atomic E-state index is 0.584. The first kappa shape index (κ1) is 11.9. The molecule has 1 aromatic rings. The zero-order valence-corrected chi connectivity index (χ0v) is 9.71. The Hall–Kier alpha value is -1.16. The Labute approximate surface area is 94.4 Å². The molecule has 82 valence electrons. The van der Waals surface area contributed by atoms with E-state index in [1.165, 1.54) is 12.0 Å². The van der Waals surface area contributed by atoms with E-state index in [1.54, 1.807) is 6.07 Å². The molecule has 4 heteroatoms. The molecule has 0 spiro atoms. The summed E-state index contributed by atoms with van der Waals surface area (Å²) in [5.74, 6) is 2.20. The second-order valence-corrected chi connectivity index (χ2v) is 4.26. The van der Waals surface area contributed by atoms with Gasteiger partial charge in [-0.2, -0.15) is 0 Å². The fraction of sp³-hybridized carbons (Fsp3) is 0.364. The van der Waals surface area contributed by atoms with Gasteiger partial charge in [0.25, 0.3) is 0 Å². The molecule has 0 heterocycles. The number of carbonyl (C=O) groups excluding carboxylic acids is 1. The summed E-state index contributed by atoms with van der Waals surface area (Å²) in [7, 11) is 0. The van der Waals surface area contributed by atoms with Gasteiger partial charge in [0.1, 0.15) is 0 Å². The molecule has 0 aliphatic rings. The van der Waals surface area contributed by atoms with Gasteiger partial charge in [0, 0.05) is 5.75 Å². The minimum Gasteiger partial charge on any atom is -0.424 e. The molecule has 3 nitrogen and oxygen atoms in total. The number of rotatable bonds is 6. The molecule has 15 heavy (non-hydrogen) atoms. The maximum atomic E-state index is 10.3. The van der Waals surface area contributed by atoms with Crippen molar-refractivity contribution in [3.63, 3.8) is 0 Å². The molecule has 1 rings (SSSR count). The van der Waals surface area contributed by atoms with Crippen molar-refractivity contribution in [2.75, 3.05) is 11.1 Å². The van der Waals surface area contributed by atoms with Crippen molar-refractivity contribution >= 4 is 24.1 Å². The standard InChI is InChI=1S/C11H15NO2S/c1-9(2)7-15-14-11-6-4-3-5-10(11)12-8-13/h3-6,8-9H,7H2,1-2H3,(H,12,13). The lowest BCUT2D eigenvalue weighted by molar-refractivity contribution is -0.105. The topological polar surface area (TPSA) is 38.3 Å². The fourth-order valence-electron chi connectivity index (χ4n) is 0.956. The molecule has 1 amide bonds. The molecule has 0 fully saturated rings. The number of carbonyl (C=O) groups is 1. The number of nitrogens with one attached hydrogen (secondary N) is 1. The summed E-state index contributed by atoms with van der Waals surface area (Å²) in [5.41, 5.74) is 0.698. The second-order valence-electron chi connectivity index (χ2n) is 3.52. The van der Waals surface area contributed by atoms with Gasteiger partial charge in [-0.15, -0.1) is 0 Å². The van der Waals surface area contributed by atoms with Gasteiger partial charge in [-0.1, -0.05) is 26.0 Å². The van der Waals surface area contributed by atoms with E-state index in [0.29, 0.717) is 23.8 Å². The molecule has 0 atom stereocenters. The molecule has 0 radical (unpaired) electrons. The molecule has 0 bridgehead atoms. The predicted octanol–water partition coefficient (Wildman–Crippen LogP) is 2.94. The van der Waals surface area contributed by atoms with Crippen LogP contribution < -0.4 is 9.50 Å². The molecule has 1 aromatic carbocycles. The Morgan fingerprint density at radius 1 is 1.47 bits per heavy atom. The van der Waals surface area contributed by atoms with Crippen LogP contribution in [0.1, 0.15) is 13.8 Å². The van der Waals surface area contributed by atoms with Crippen LogP contribution in [0.25, 0.3) is 0 Å². The average molecular weight is 225 g/mol. The highest BCUT2D eigenvalue weighted by molar-refractivity contribution is 7.95. The summed E-state index contributed by atoms with van der Waals surface area (Å²) in [6.07, 6.45) is 0.648. The maximum absolute atomic E-state index is 10.3. The molecule has 0 saturated heterocycles. The van der Waals surface area contributed by atoms with E-state index < -0.39 is 0 Å². The van der Waals surface area contributed by atoms with E-state index in [2.05, 4.69) is 19.2 Å². The molecule has 0 saturated carbocycles. The zero-order chi connectivity index (χ0) is 11.1. The molecule has 1 N–H and O–H groups in total. The third-order valence-electron chi connectivity index (χ3n) is 1.65. The smallest absolute Gasteiger partial charge is 0.211 e. The van der Waals surface area contributed by atoms with Gasteiger partial charge in [0.2, 0.25) is 6.41 Å². The molecule has 0 aromatic heterocycles. The summed E-state index contributed by atoms with van der Waals surface area (Å²) in [5, 5.41) is 2.60. The molecular formula is C11H15NO2S. The Bertz CT molecular complexity index is 315. The number of amides is 1. The maximum Gasteiger partial charge on any atom is 0.211 e. The van der Waals surface area contributed by atoms with E-state index in [0.717, 1.165) is 5.75 Å². The molecule has 0 aliphatic carbocycles. The van der Waals surface area contributed by atoms with Gasteiger partial charge >= 0.3 is 0 Å². The summed E-state index contributed by atoms with van der Waals surface area (Å²) >= 11 is 1.40. The average Bonchev–Trinajstić information content (AvgIpc) is 2.20. The SMILES string of the molecule is CC(C)CSOc1ccccc1NC=O. The second kappa shape index (κ2) is 6.35. The summed E-state index contributed by atoms with van der Waals surface area (Å²) in [6.45, 7) is 4.26. The van der Waals surface area contributed by atoms with Gasteiger partial charge < -0.3 is 9.50 Å². The third-order valence-corrected chi connectivity index (χ3v) is 2.75. The van der Waals surface area contributed by atoms with Gasteiger partial charge in [0.15, 0.2) is 5.75 Å². The lowest BCUT2D eigenvalue weighted by atomic mass is 10.3. The van der Waals surface area contributed by atoms with Crippen LogP contribution in [0.2, 0.25) is 0 Å². The predicted molar refractivity (Wildman–Crippen MR) is 64.1 cm³/mol. The fourth-order valence-corrected chi connectivity index (χ4v) is 1.57. The van der Waals surface area contributed by atoms with Crippen molar-refractivity contribution in [3.8, 4) is 5.75 Å². The number of hydrogen-bond acceptors (Lipinski definition) is 3. The lowest BCUT2D eigenvalue weighted by Gasteiger charge is -2.09. The van der Waals surface area contributed by atoms with Crippen molar-refractivity contribution in [3.05, 3.63) is 24.3 Å². The molecular weight excluding hydrogens is 210 g/mol. The van der Waals surface area contributed by atoms with Crippen molar-refractivity contribution in [2.24, 2.45) is 5.92 Å². The van der Waals surface area contributed by atoms with Crippen LogP contribution in [0.5, 0.6) is 5.75 Å². The zero-order valence-electron chi connectivity index (χ0n) is 8.90. The van der Waals surface area contributed by atoms with Crippen LogP contribution in [0, 0.1) is 5.92 Å². The Kier molecular flexibility index (Phi) is 5.04. The van der Waals surface area contributed by atoms with Gasteiger partial charge in [-0.05, 0) is 18.1 Å². The Balaban J connectivity index is 2.55. The van der Waals surface area contributed by atoms with Crippen LogP contribution in [0.3, 0.4) is 0 Å². The van der Waals surface area contributed by atoms with E-state index >= 15 is 0 Å². The first-order chi connectivity index (χ1) is 7.24. The van der Waals surface area contributed by atoms with Crippen molar-refractivity contribution in [1.82, 2.24) is 0 Å². The highest BCUT2D eigenvalue weighted by Crippen LogP contribution is 2.26. The Morgan fingerprint density at radius 2 is 2.20 bits per heavy atom. The number of hydrogen-bond donors (Lipinski definition) is 1. The minimum atomic E-state index is 0.584.